The number of phenolic OH excluding ortho intramolecular Hbond substituents is 1. The second-order valence-corrected chi connectivity index (χ2v) is 5.97. The predicted molar refractivity (Wildman–Crippen MR) is 98.8 cm³/mol. The first-order chi connectivity index (χ1) is 13.0. The average molecular weight is 369 g/mol. The molecule has 7 nitrogen and oxygen atoms in total. The van der Waals surface area contributed by atoms with Crippen LogP contribution in [0.5, 0.6) is 11.5 Å². The molecular formula is C20H19NO6. The van der Waals surface area contributed by atoms with Crippen LogP contribution in [0.25, 0.3) is 11.0 Å². The summed E-state index contributed by atoms with van der Waals surface area (Å²) in [5, 5.41) is 12.8. The lowest BCUT2D eigenvalue weighted by molar-refractivity contribution is -0.152. The Kier molecular flexibility index (Phi) is 5.30. The van der Waals surface area contributed by atoms with Crippen LogP contribution in [0.4, 0.5) is 5.69 Å². The lowest BCUT2D eigenvalue weighted by atomic mass is 10.1. The Labute approximate surface area is 155 Å². The van der Waals surface area contributed by atoms with Gasteiger partial charge in [0.1, 0.15) is 17.1 Å². The molecule has 3 rings (SSSR count). The third-order valence-corrected chi connectivity index (χ3v) is 4.01. The number of phenols is 1. The molecule has 2 N–H and O–H groups in total. The second kappa shape index (κ2) is 7.82. The van der Waals surface area contributed by atoms with E-state index >= 15 is 0 Å². The molecule has 0 fully saturated rings. The molecule has 0 spiro atoms. The minimum absolute atomic E-state index is 0.0437. The van der Waals surface area contributed by atoms with E-state index in [4.69, 9.17) is 13.9 Å². The maximum Gasteiger partial charge on any atom is 0.311 e. The number of hydrogen-bond acceptors (Lipinski definition) is 6. The van der Waals surface area contributed by atoms with E-state index in [-0.39, 0.29) is 12.2 Å². The van der Waals surface area contributed by atoms with Crippen molar-refractivity contribution in [1.29, 1.82) is 0 Å². The van der Waals surface area contributed by atoms with Crippen LogP contribution in [0, 0.1) is 0 Å². The molecule has 1 atom stereocenters. The summed E-state index contributed by atoms with van der Waals surface area (Å²) in [4.78, 5) is 24.4. The van der Waals surface area contributed by atoms with Crippen molar-refractivity contribution in [2.45, 2.75) is 19.4 Å². The molecule has 0 saturated carbocycles. The molecule has 3 aromatic rings. The van der Waals surface area contributed by atoms with E-state index in [0.29, 0.717) is 28.0 Å². The van der Waals surface area contributed by atoms with Crippen LogP contribution in [0.3, 0.4) is 0 Å². The van der Waals surface area contributed by atoms with Gasteiger partial charge in [0, 0.05) is 22.7 Å². The number of carbonyl (C=O) groups is 2. The lowest BCUT2D eigenvalue weighted by Crippen LogP contribution is -2.30. The van der Waals surface area contributed by atoms with Crippen molar-refractivity contribution in [3.8, 4) is 11.5 Å². The number of furan rings is 1. The van der Waals surface area contributed by atoms with Gasteiger partial charge in [0.25, 0.3) is 5.91 Å². The van der Waals surface area contributed by atoms with Gasteiger partial charge in [0.15, 0.2) is 6.10 Å². The Morgan fingerprint density at radius 2 is 1.93 bits per heavy atom. The van der Waals surface area contributed by atoms with Gasteiger partial charge in [-0.15, -0.1) is 0 Å². The monoisotopic (exact) mass is 369 g/mol. The van der Waals surface area contributed by atoms with Crippen LogP contribution in [0.2, 0.25) is 0 Å². The fourth-order valence-corrected chi connectivity index (χ4v) is 2.57. The summed E-state index contributed by atoms with van der Waals surface area (Å²) in [6, 6.07) is 11.5. The minimum atomic E-state index is -0.957. The zero-order valence-electron chi connectivity index (χ0n) is 14.9. The van der Waals surface area contributed by atoms with E-state index in [1.165, 1.54) is 25.3 Å². The second-order valence-electron chi connectivity index (χ2n) is 5.97. The minimum Gasteiger partial charge on any atom is -0.508 e. The van der Waals surface area contributed by atoms with E-state index in [2.05, 4.69) is 5.32 Å². The summed E-state index contributed by atoms with van der Waals surface area (Å²) < 4.78 is 15.6. The summed E-state index contributed by atoms with van der Waals surface area (Å²) in [6.45, 7) is 1.50. The zero-order valence-corrected chi connectivity index (χ0v) is 14.9. The topological polar surface area (TPSA) is 98.0 Å². The van der Waals surface area contributed by atoms with E-state index in [1.54, 1.807) is 37.4 Å². The molecule has 7 heteroatoms. The third kappa shape index (κ3) is 4.38. The summed E-state index contributed by atoms with van der Waals surface area (Å²) in [5.41, 5.74) is 1.67. The van der Waals surface area contributed by atoms with Gasteiger partial charge in [-0.1, -0.05) is 0 Å². The van der Waals surface area contributed by atoms with Crippen LogP contribution in [-0.4, -0.2) is 30.2 Å². The lowest BCUT2D eigenvalue weighted by Gasteiger charge is -2.13. The fraction of sp³-hybridized carbons (Fsp3) is 0.200. The van der Waals surface area contributed by atoms with Gasteiger partial charge in [-0.25, -0.2) is 0 Å². The van der Waals surface area contributed by atoms with Gasteiger partial charge in [0.05, 0.1) is 19.8 Å². The standard InChI is InChI=1S/C20H19NO6/c1-12(20(24)21-14-3-6-16(25-2)7-4-14)27-19(23)9-13-11-26-18-10-15(22)5-8-17(13)18/h3-8,10-12,22H,9H2,1-2H3,(H,21,24)/t12-/m0/s1. The molecule has 140 valence electrons. The first-order valence-corrected chi connectivity index (χ1v) is 8.30. The predicted octanol–water partition coefficient (Wildman–Crippen LogP) is 3.26. The molecule has 0 bridgehead atoms. The van der Waals surface area contributed by atoms with Gasteiger partial charge in [-0.2, -0.15) is 0 Å². The molecule has 27 heavy (non-hydrogen) atoms. The summed E-state index contributed by atoms with van der Waals surface area (Å²) in [7, 11) is 1.56. The van der Waals surface area contributed by atoms with Crippen molar-refractivity contribution in [3.05, 3.63) is 54.3 Å². The van der Waals surface area contributed by atoms with Crippen molar-refractivity contribution in [2.24, 2.45) is 0 Å². The summed E-state index contributed by atoms with van der Waals surface area (Å²) in [6.07, 6.45) is 0.438. The molecule has 1 aromatic heterocycles. The number of benzene rings is 2. The van der Waals surface area contributed by atoms with Crippen LogP contribution in [0.15, 0.2) is 53.1 Å². The first-order valence-electron chi connectivity index (χ1n) is 8.30. The van der Waals surface area contributed by atoms with E-state index in [9.17, 15) is 14.7 Å². The summed E-state index contributed by atoms with van der Waals surface area (Å²) >= 11 is 0. The number of carbonyl (C=O) groups excluding carboxylic acids is 2. The Morgan fingerprint density at radius 1 is 1.19 bits per heavy atom. The smallest absolute Gasteiger partial charge is 0.311 e. The number of esters is 1. The Hall–Kier alpha value is -3.48. The highest BCUT2D eigenvalue weighted by Gasteiger charge is 2.19. The number of methoxy groups -OCH3 is 1. The molecule has 0 aliphatic rings. The zero-order chi connectivity index (χ0) is 19.4. The molecule has 1 amide bonds. The van der Waals surface area contributed by atoms with Gasteiger partial charge < -0.3 is 24.3 Å². The van der Waals surface area contributed by atoms with E-state index in [0.717, 1.165) is 0 Å². The van der Waals surface area contributed by atoms with Gasteiger partial charge in [-0.05, 0) is 43.3 Å². The van der Waals surface area contributed by atoms with Crippen molar-refractivity contribution in [3.63, 3.8) is 0 Å². The maximum atomic E-state index is 12.2. The Morgan fingerprint density at radius 3 is 2.63 bits per heavy atom. The molecule has 0 aliphatic heterocycles. The van der Waals surface area contributed by atoms with Gasteiger partial charge in [0.2, 0.25) is 0 Å². The molecule has 0 saturated heterocycles. The third-order valence-electron chi connectivity index (χ3n) is 4.01. The maximum absolute atomic E-state index is 12.2. The van der Waals surface area contributed by atoms with Crippen LogP contribution >= 0.6 is 0 Å². The number of fused-ring (bicyclic) bond motifs is 1. The number of rotatable bonds is 6. The number of amides is 1. The van der Waals surface area contributed by atoms with Crippen molar-refractivity contribution >= 4 is 28.5 Å². The van der Waals surface area contributed by atoms with E-state index in [1.807, 2.05) is 0 Å². The molecule has 0 aliphatic carbocycles. The van der Waals surface area contributed by atoms with Gasteiger partial charge >= 0.3 is 5.97 Å². The van der Waals surface area contributed by atoms with E-state index < -0.39 is 18.0 Å². The molecule has 0 radical (unpaired) electrons. The van der Waals surface area contributed by atoms with Crippen LogP contribution in [-0.2, 0) is 20.7 Å². The largest absolute Gasteiger partial charge is 0.508 e. The Bertz CT molecular complexity index is 960. The number of hydrogen-bond donors (Lipinski definition) is 2. The average Bonchev–Trinajstić information content (AvgIpc) is 3.03. The number of aromatic hydroxyl groups is 1. The first kappa shape index (κ1) is 18.3. The van der Waals surface area contributed by atoms with Crippen molar-refractivity contribution in [2.75, 3.05) is 12.4 Å². The summed E-state index contributed by atoms with van der Waals surface area (Å²) in [5.74, 6) is -0.235. The highest BCUT2D eigenvalue weighted by atomic mass is 16.5. The fourth-order valence-electron chi connectivity index (χ4n) is 2.57. The van der Waals surface area contributed by atoms with Crippen LogP contribution < -0.4 is 10.1 Å². The SMILES string of the molecule is COc1ccc(NC(=O)[C@H](C)OC(=O)Cc2coc3cc(O)ccc23)cc1. The number of ether oxygens (including phenoxy) is 2. The number of anilines is 1. The normalized spacial score (nSPS) is 11.8. The molecule has 2 aromatic carbocycles. The van der Waals surface area contributed by atoms with Crippen molar-refractivity contribution < 1.29 is 28.6 Å². The van der Waals surface area contributed by atoms with Crippen LogP contribution in [0.1, 0.15) is 12.5 Å². The van der Waals surface area contributed by atoms with Gasteiger partial charge in [-0.3, -0.25) is 9.59 Å². The quantitative estimate of drug-likeness (QED) is 0.647. The Balaban J connectivity index is 1.58. The number of nitrogens with one attached hydrogen (secondary N) is 1. The molecular weight excluding hydrogens is 350 g/mol. The molecule has 0 unspecified atom stereocenters. The highest BCUT2D eigenvalue weighted by molar-refractivity contribution is 5.95. The van der Waals surface area contributed by atoms with Crippen molar-refractivity contribution in [1.82, 2.24) is 0 Å². The molecule has 1 heterocycles. The highest BCUT2D eigenvalue weighted by Crippen LogP contribution is 2.25.